The number of aromatic amines is 1. The molecule has 5 rings (SSSR count). The van der Waals surface area contributed by atoms with E-state index in [2.05, 4.69) is 31.5 Å². The van der Waals surface area contributed by atoms with Gasteiger partial charge in [0.2, 0.25) is 11.8 Å². The third-order valence-electron chi connectivity index (χ3n) is 7.05. The number of likely N-dealkylation sites (tertiary alicyclic amines) is 1. The summed E-state index contributed by atoms with van der Waals surface area (Å²) in [5.41, 5.74) is 2.05. The summed E-state index contributed by atoms with van der Waals surface area (Å²) in [6.45, 7) is 3.12. The highest BCUT2D eigenvalue weighted by Gasteiger charge is 2.51. The Balaban J connectivity index is 1.32. The predicted molar refractivity (Wildman–Crippen MR) is 115 cm³/mol. The number of rotatable bonds is 6. The number of piperidine rings is 3. The summed E-state index contributed by atoms with van der Waals surface area (Å²) in [5.74, 6) is 0.731. The lowest BCUT2D eigenvalue weighted by molar-refractivity contribution is -0.160. The van der Waals surface area contributed by atoms with Crippen molar-refractivity contribution < 1.29 is 9.59 Å². The van der Waals surface area contributed by atoms with Crippen LogP contribution in [0.1, 0.15) is 37.1 Å². The average Bonchev–Trinajstić information content (AvgIpc) is 3.29. The monoisotopic (exact) mass is 422 g/mol. The summed E-state index contributed by atoms with van der Waals surface area (Å²) >= 11 is 0. The summed E-state index contributed by atoms with van der Waals surface area (Å²) < 4.78 is 0. The van der Waals surface area contributed by atoms with Crippen molar-refractivity contribution in [2.75, 3.05) is 19.6 Å². The number of H-pyrrole nitrogens is 1. The predicted octanol–water partition coefficient (Wildman–Crippen LogP) is 1.36. The molecule has 3 fully saturated rings. The average molecular weight is 423 g/mol. The van der Waals surface area contributed by atoms with Crippen molar-refractivity contribution in [2.45, 2.75) is 50.7 Å². The largest absolute Gasteiger partial charge is 0.354 e. The summed E-state index contributed by atoms with van der Waals surface area (Å²) in [6, 6.07) is 7.72. The van der Waals surface area contributed by atoms with Crippen LogP contribution in [0.3, 0.4) is 0 Å². The smallest absolute Gasteiger partial charge is 0.243 e. The second-order valence-corrected chi connectivity index (χ2v) is 9.10. The first-order valence-corrected chi connectivity index (χ1v) is 11.4. The van der Waals surface area contributed by atoms with Crippen LogP contribution in [0, 0.1) is 11.8 Å². The molecule has 8 heteroatoms. The van der Waals surface area contributed by atoms with Gasteiger partial charge in [0.25, 0.3) is 0 Å². The molecule has 3 saturated heterocycles. The normalized spacial score (nSPS) is 28.3. The molecular formula is C23H30N6O2. The highest BCUT2D eigenvalue weighted by molar-refractivity contribution is 5.89. The van der Waals surface area contributed by atoms with Crippen LogP contribution in [-0.4, -0.2) is 68.5 Å². The number of carbonyl (C=O) groups excluding carboxylic acids is 2. The zero-order valence-corrected chi connectivity index (χ0v) is 17.7. The Bertz CT molecular complexity index is 902. The van der Waals surface area contributed by atoms with Gasteiger partial charge in [0.05, 0.1) is 5.69 Å². The first-order chi connectivity index (χ1) is 15.2. The quantitative estimate of drug-likeness (QED) is 0.733. The molecular weight excluding hydrogens is 392 g/mol. The highest BCUT2D eigenvalue weighted by atomic mass is 16.2. The van der Waals surface area contributed by atoms with Gasteiger partial charge in [0, 0.05) is 69.1 Å². The number of nitrogens with one attached hydrogen (secondary N) is 2. The second-order valence-electron chi connectivity index (χ2n) is 9.10. The molecule has 0 spiro atoms. The molecule has 5 heterocycles. The van der Waals surface area contributed by atoms with Crippen molar-refractivity contribution in [2.24, 2.45) is 11.8 Å². The maximum Gasteiger partial charge on any atom is 0.243 e. The zero-order valence-electron chi connectivity index (χ0n) is 17.7. The standard InChI is InChI=1S/C23H30N6O2/c30-21-6-3-5-20-16-12-17(14-28(13-16)15-19-4-1-2-9-24-19)22(29(20)21)23(31)25-10-7-18-8-11-26-27-18/h1-2,4,8-9,11,16-17,20,22H,3,5-7,10,12-15H2,(H,25,31)(H,26,27)/t16-,17+,20+,22-/m1/s1. The Morgan fingerprint density at radius 3 is 2.90 bits per heavy atom. The van der Waals surface area contributed by atoms with Crippen molar-refractivity contribution in [3.8, 4) is 0 Å². The van der Waals surface area contributed by atoms with Gasteiger partial charge in [-0.3, -0.25) is 24.6 Å². The first kappa shape index (κ1) is 20.2. The molecule has 0 radical (unpaired) electrons. The van der Waals surface area contributed by atoms with Gasteiger partial charge in [-0.2, -0.15) is 5.10 Å². The van der Waals surface area contributed by atoms with Crippen LogP contribution in [0.5, 0.6) is 0 Å². The van der Waals surface area contributed by atoms with Crippen molar-refractivity contribution in [1.29, 1.82) is 0 Å². The third-order valence-corrected chi connectivity index (χ3v) is 7.05. The lowest BCUT2D eigenvalue weighted by Gasteiger charge is -2.55. The van der Waals surface area contributed by atoms with Crippen LogP contribution in [0.4, 0.5) is 0 Å². The molecule has 2 bridgehead atoms. The molecule has 2 N–H and O–H groups in total. The highest BCUT2D eigenvalue weighted by Crippen LogP contribution is 2.41. The van der Waals surface area contributed by atoms with E-state index in [1.165, 1.54) is 0 Å². The number of fused-ring (bicyclic) bond motifs is 4. The number of nitrogens with zero attached hydrogens (tertiary/aromatic N) is 4. The molecule has 0 aliphatic carbocycles. The van der Waals surface area contributed by atoms with Crippen LogP contribution in [0.25, 0.3) is 0 Å². The van der Waals surface area contributed by atoms with Crippen LogP contribution in [0.2, 0.25) is 0 Å². The van der Waals surface area contributed by atoms with Gasteiger partial charge in [-0.25, -0.2) is 0 Å². The van der Waals surface area contributed by atoms with Gasteiger partial charge in [-0.1, -0.05) is 6.07 Å². The summed E-state index contributed by atoms with van der Waals surface area (Å²) in [6.07, 6.45) is 7.76. The lowest BCUT2D eigenvalue weighted by Crippen LogP contribution is -2.68. The molecule has 2 aromatic rings. The van der Waals surface area contributed by atoms with Crippen LogP contribution >= 0.6 is 0 Å². The molecule has 3 aliphatic rings. The zero-order chi connectivity index (χ0) is 21.2. The van der Waals surface area contributed by atoms with Crippen molar-refractivity contribution >= 4 is 11.8 Å². The third kappa shape index (κ3) is 4.21. The molecule has 2 aromatic heterocycles. The Morgan fingerprint density at radius 2 is 2.10 bits per heavy atom. The Morgan fingerprint density at radius 1 is 1.19 bits per heavy atom. The lowest BCUT2D eigenvalue weighted by atomic mass is 9.71. The van der Waals surface area contributed by atoms with Gasteiger partial charge in [-0.05, 0) is 43.4 Å². The van der Waals surface area contributed by atoms with E-state index in [0.29, 0.717) is 25.3 Å². The fourth-order valence-electron chi connectivity index (χ4n) is 5.79. The number of pyridine rings is 1. The Kier molecular flexibility index (Phi) is 5.72. The van der Waals surface area contributed by atoms with Crippen molar-refractivity contribution in [3.63, 3.8) is 0 Å². The molecule has 0 unspecified atom stereocenters. The molecule has 2 amide bonds. The van der Waals surface area contributed by atoms with E-state index in [1.54, 1.807) is 6.20 Å². The van der Waals surface area contributed by atoms with E-state index in [4.69, 9.17) is 0 Å². The molecule has 4 atom stereocenters. The number of carbonyl (C=O) groups is 2. The molecule has 0 saturated carbocycles. The van der Waals surface area contributed by atoms with Crippen LogP contribution in [-0.2, 0) is 22.6 Å². The summed E-state index contributed by atoms with van der Waals surface area (Å²) in [7, 11) is 0. The van der Waals surface area contributed by atoms with Gasteiger partial charge in [0.1, 0.15) is 6.04 Å². The van der Waals surface area contributed by atoms with E-state index < -0.39 is 0 Å². The fraction of sp³-hybridized carbons (Fsp3) is 0.565. The minimum atomic E-state index is -0.373. The van der Waals surface area contributed by atoms with E-state index in [0.717, 1.165) is 50.3 Å². The van der Waals surface area contributed by atoms with Crippen molar-refractivity contribution in [1.82, 2.24) is 30.3 Å². The Hall–Kier alpha value is -2.74. The van der Waals surface area contributed by atoms with Gasteiger partial charge in [0.15, 0.2) is 0 Å². The van der Waals surface area contributed by atoms with Gasteiger partial charge in [-0.15, -0.1) is 0 Å². The first-order valence-electron chi connectivity index (χ1n) is 11.4. The topological polar surface area (TPSA) is 94.2 Å². The molecule has 0 aromatic carbocycles. The van der Waals surface area contributed by atoms with E-state index in [9.17, 15) is 9.59 Å². The molecule has 3 aliphatic heterocycles. The molecule has 31 heavy (non-hydrogen) atoms. The molecule has 164 valence electrons. The fourth-order valence-corrected chi connectivity index (χ4v) is 5.79. The van der Waals surface area contributed by atoms with E-state index in [1.807, 2.05) is 29.3 Å². The van der Waals surface area contributed by atoms with Crippen LogP contribution in [0.15, 0.2) is 36.7 Å². The number of amides is 2. The Labute approximate surface area is 182 Å². The minimum Gasteiger partial charge on any atom is -0.354 e. The maximum atomic E-state index is 13.3. The summed E-state index contributed by atoms with van der Waals surface area (Å²) in [4.78, 5) is 35.1. The van der Waals surface area contributed by atoms with Gasteiger partial charge >= 0.3 is 0 Å². The van der Waals surface area contributed by atoms with Gasteiger partial charge < -0.3 is 10.2 Å². The van der Waals surface area contributed by atoms with E-state index in [-0.39, 0.29) is 29.8 Å². The van der Waals surface area contributed by atoms with Crippen LogP contribution < -0.4 is 5.32 Å². The minimum absolute atomic E-state index is 0.0112. The number of hydrogen-bond donors (Lipinski definition) is 2. The maximum absolute atomic E-state index is 13.3. The number of aromatic nitrogens is 3. The number of hydrogen-bond acceptors (Lipinski definition) is 5. The van der Waals surface area contributed by atoms with Crippen molar-refractivity contribution in [3.05, 3.63) is 48.0 Å². The van der Waals surface area contributed by atoms with E-state index >= 15 is 0 Å². The SMILES string of the molecule is O=C(NCCc1ccn[nH]1)[C@H]1[C@H]2C[C@H](CN(Cc3ccccn3)C2)[C@@H]2CCCC(=O)N21. The molecule has 8 nitrogen and oxygen atoms in total. The second kappa shape index (κ2) is 8.78. The summed E-state index contributed by atoms with van der Waals surface area (Å²) in [5, 5.41) is 9.99.